The molecule has 1 fully saturated rings. The van der Waals surface area contributed by atoms with Crippen molar-refractivity contribution in [2.75, 3.05) is 30.3 Å². The molecule has 0 radical (unpaired) electrons. The summed E-state index contributed by atoms with van der Waals surface area (Å²) < 4.78 is 0. The number of hydrogen-bond acceptors (Lipinski definition) is 5. The minimum Gasteiger partial charge on any atom is -0.396 e. The third-order valence-electron chi connectivity index (χ3n) is 4.42. The van der Waals surface area contributed by atoms with E-state index < -0.39 is 0 Å². The van der Waals surface area contributed by atoms with Crippen LogP contribution in [0.2, 0.25) is 0 Å². The second-order valence-electron chi connectivity index (χ2n) is 5.84. The highest BCUT2D eigenvalue weighted by Gasteiger charge is 2.26. The maximum absolute atomic E-state index is 9.41. The van der Waals surface area contributed by atoms with E-state index in [1.807, 2.05) is 0 Å². The van der Waals surface area contributed by atoms with Gasteiger partial charge in [0.1, 0.15) is 18.0 Å². The maximum atomic E-state index is 9.41. The Morgan fingerprint density at radius 2 is 1.86 bits per heavy atom. The van der Waals surface area contributed by atoms with Crippen molar-refractivity contribution in [2.45, 2.75) is 46.0 Å². The molecule has 5 nitrogen and oxygen atoms in total. The summed E-state index contributed by atoms with van der Waals surface area (Å²) in [6.45, 7) is 6.41. The number of aromatic nitrogens is 2. The molecule has 0 aliphatic heterocycles. The van der Waals surface area contributed by atoms with Gasteiger partial charge in [0, 0.05) is 25.3 Å². The summed E-state index contributed by atoms with van der Waals surface area (Å²) in [5, 5.41) is 16.3. The largest absolute Gasteiger partial charge is 0.396 e. The van der Waals surface area contributed by atoms with E-state index in [1.54, 1.807) is 6.33 Å². The monoisotopic (exact) mass is 292 g/mol. The summed E-state index contributed by atoms with van der Waals surface area (Å²) in [5.74, 6) is 2.89. The fourth-order valence-corrected chi connectivity index (χ4v) is 3.15. The van der Waals surface area contributed by atoms with Crippen LogP contribution in [0.5, 0.6) is 0 Å². The number of rotatable bonds is 8. The zero-order valence-corrected chi connectivity index (χ0v) is 13.2. The quantitative estimate of drug-likeness (QED) is 0.687. The van der Waals surface area contributed by atoms with Crippen molar-refractivity contribution in [3.8, 4) is 0 Å². The van der Waals surface area contributed by atoms with Gasteiger partial charge in [0.2, 0.25) is 0 Å². The summed E-state index contributed by atoms with van der Waals surface area (Å²) in [7, 11) is 0. The Bertz CT molecular complexity index is 438. The maximum Gasteiger partial charge on any atom is 0.134 e. The van der Waals surface area contributed by atoms with Gasteiger partial charge >= 0.3 is 0 Å². The molecule has 1 aliphatic carbocycles. The smallest absolute Gasteiger partial charge is 0.134 e. The van der Waals surface area contributed by atoms with Crippen molar-refractivity contribution < 1.29 is 5.11 Å². The molecule has 5 heteroatoms. The van der Waals surface area contributed by atoms with E-state index >= 15 is 0 Å². The standard InChI is InChI=1S/C16H28N4O/c1-3-8-17-15-14(4-2)16(20-11-19-15)18-9-12-6-5-7-13(12)10-21/h11-13,21H,3-10H2,1-2H3,(H2,17,18,19,20). The molecule has 21 heavy (non-hydrogen) atoms. The average molecular weight is 292 g/mol. The van der Waals surface area contributed by atoms with Gasteiger partial charge in [-0.05, 0) is 37.5 Å². The average Bonchev–Trinajstić information content (AvgIpc) is 2.98. The Kier molecular flexibility index (Phi) is 6.23. The number of nitrogens with one attached hydrogen (secondary N) is 2. The molecule has 1 aromatic heterocycles. The molecule has 118 valence electrons. The predicted octanol–water partition coefficient (Wildman–Crippen LogP) is 2.68. The van der Waals surface area contributed by atoms with Gasteiger partial charge in [-0.15, -0.1) is 0 Å². The van der Waals surface area contributed by atoms with Crippen LogP contribution in [0, 0.1) is 11.8 Å². The molecule has 2 atom stereocenters. The second-order valence-corrected chi connectivity index (χ2v) is 5.84. The Labute approximate surface area is 127 Å². The van der Waals surface area contributed by atoms with Gasteiger partial charge in [-0.2, -0.15) is 0 Å². The zero-order chi connectivity index (χ0) is 15.1. The minimum atomic E-state index is 0.306. The molecular formula is C16H28N4O. The molecule has 2 unspecified atom stereocenters. The lowest BCUT2D eigenvalue weighted by atomic mass is 9.97. The van der Waals surface area contributed by atoms with E-state index in [4.69, 9.17) is 0 Å². The molecule has 1 saturated carbocycles. The van der Waals surface area contributed by atoms with E-state index in [1.165, 1.54) is 12.8 Å². The third-order valence-corrected chi connectivity index (χ3v) is 4.42. The molecule has 3 N–H and O–H groups in total. The fraction of sp³-hybridized carbons (Fsp3) is 0.750. The Morgan fingerprint density at radius 1 is 1.14 bits per heavy atom. The van der Waals surface area contributed by atoms with Crippen molar-refractivity contribution in [3.05, 3.63) is 11.9 Å². The van der Waals surface area contributed by atoms with Crippen molar-refractivity contribution in [3.63, 3.8) is 0 Å². The summed E-state index contributed by atoms with van der Waals surface area (Å²) >= 11 is 0. The Morgan fingerprint density at radius 3 is 2.52 bits per heavy atom. The van der Waals surface area contributed by atoms with E-state index in [0.717, 1.165) is 49.6 Å². The van der Waals surface area contributed by atoms with E-state index in [0.29, 0.717) is 18.4 Å². The fourth-order valence-electron chi connectivity index (χ4n) is 3.15. The Hall–Kier alpha value is -1.36. The SMILES string of the molecule is CCCNc1ncnc(NCC2CCCC2CO)c1CC. The molecule has 0 bridgehead atoms. The molecule has 2 rings (SSSR count). The predicted molar refractivity (Wildman–Crippen MR) is 86.6 cm³/mol. The van der Waals surface area contributed by atoms with Crippen LogP contribution in [0.3, 0.4) is 0 Å². The molecular weight excluding hydrogens is 264 g/mol. The Balaban J connectivity index is 2.01. The van der Waals surface area contributed by atoms with E-state index in [9.17, 15) is 5.11 Å². The van der Waals surface area contributed by atoms with E-state index in [-0.39, 0.29) is 0 Å². The number of anilines is 2. The number of hydrogen-bond donors (Lipinski definition) is 3. The van der Waals surface area contributed by atoms with Gasteiger partial charge in [0.25, 0.3) is 0 Å². The lowest BCUT2D eigenvalue weighted by molar-refractivity contribution is 0.199. The van der Waals surface area contributed by atoms with Crippen LogP contribution in [-0.4, -0.2) is 34.8 Å². The van der Waals surface area contributed by atoms with Gasteiger partial charge < -0.3 is 15.7 Å². The van der Waals surface area contributed by atoms with Crippen LogP contribution in [0.25, 0.3) is 0 Å². The van der Waals surface area contributed by atoms with Crippen molar-refractivity contribution in [1.82, 2.24) is 9.97 Å². The molecule has 0 spiro atoms. The van der Waals surface area contributed by atoms with Crippen LogP contribution in [0.1, 0.15) is 45.1 Å². The van der Waals surface area contributed by atoms with Gasteiger partial charge in [0.15, 0.2) is 0 Å². The van der Waals surface area contributed by atoms with Crippen molar-refractivity contribution in [1.29, 1.82) is 0 Å². The van der Waals surface area contributed by atoms with Crippen LogP contribution in [0.15, 0.2) is 6.33 Å². The number of aliphatic hydroxyl groups excluding tert-OH is 1. The second kappa shape index (κ2) is 8.17. The van der Waals surface area contributed by atoms with Crippen LogP contribution in [0.4, 0.5) is 11.6 Å². The number of aliphatic hydroxyl groups is 1. The summed E-state index contributed by atoms with van der Waals surface area (Å²) in [6.07, 6.45) is 7.19. The van der Waals surface area contributed by atoms with Crippen LogP contribution in [-0.2, 0) is 6.42 Å². The first kappa shape index (κ1) is 16.0. The molecule has 1 heterocycles. The normalized spacial score (nSPS) is 21.5. The molecule has 0 aromatic carbocycles. The first-order chi connectivity index (χ1) is 10.3. The highest BCUT2D eigenvalue weighted by atomic mass is 16.3. The van der Waals surface area contributed by atoms with Gasteiger partial charge in [-0.3, -0.25) is 0 Å². The van der Waals surface area contributed by atoms with E-state index in [2.05, 4.69) is 34.4 Å². The topological polar surface area (TPSA) is 70.1 Å². The minimum absolute atomic E-state index is 0.306. The lowest BCUT2D eigenvalue weighted by Gasteiger charge is -2.20. The highest BCUT2D eigenvalue weighted by molar-refractivity contribution is 5.57. The third kappa shape index (κ3) is 4.06. The molecule has 1 aromatic rings. The first-order valence-electron chi connectivity index (χ1n) is 8.22. The zero-order valence-electron chi connectivity index (χ0n) is 13.2. The highest BCUT2D eigenvalue weighted by Crippen LogP contribution is 2.31. The van der Waals surface area contributed by atoms with Crippen LogP contribution >= 0.6 is 0 Å². The van der Waals surface area contributed by atoms with Gasteiger partial charge in [-0.25, -0.2) is 9.97 Å². The summed E-state index contributed by atoms with van der Waals surface area (Å²) in [5.41, 5.74) is 1.16. The summed E-state index contributed by atoms with van der Waals surface area (Å²) in [6, 6.07) is 0. The number of nitrogens with zero attached hydrogens (tertiary/aromatic N) is 2. The first-order valence-corrected chi connectivity index (χ1v) is 8.22. The molecule has 1 aliphatic rings. The summed E-state index contributed by atoms with van der Waals surface area (Å²) in [4.78, 5) is 8.76. The van der Waals surface area contributed by atoms with Crippen molar-refractivity contribution >= 4 is 11.6 Å². The van der Waals surface area contributed by atoms with Gasteiger partial charge in [-0.1, -0.05) is 20.3 Å². The van der Waals surface area contributed by atoms with Crippen LogP contribution < -0.4 is 10.6 Å². The van der Waals surface area contributed by atoms with Gasteiger partial charge in [0.05, 0.1) is 0 Å². The lowest BCUT2D eigenvalue weighted by Crippen LogP contribution is -2.22. The van der Waals surface area contributed by atoms with Crippen molar-refractivity contribution in [2.24, 2.45) is 11.8 Å². The molecule has 0 saturated heterocycles. The molecule has 0 amide bonds.